The number of allylic oxidation sites excluding steroid dienone is 4. The molecule has 0 saturated heterocycles. The van der Waals surface area contributed by atoms with E-state index in [4.69, 9.17) is 5.11 Å². The Kier molecular flexibility index (Phi) is 18.9. The Morgan fingerprint density at radius 3 is 1.97 bits per heavy atom. The van der Waals surface area contributed by atoms with Gasteiger partial charge < -0.3 is 30.3 Å². The van der Waals surface area contributed by atoms with Crippen molar-refractivity contribution >= 4 is 5.97 Å². The summed E-state index contributed by atoms with van der Waals surface area (Å²) in [5.74, 6) is -0.682. The standard InChI is InChI=1S/C23H42O7/c1-2-3-4-5-6-7-8-9-10-11-12-13-14-15-16-17-20(26)30-23(29)22(28)21(27)19(25)18-24/h6-7,9-10,19,21-25,27-29H,2-5,8,11-18H2,1H3/b7-6-,10-9-/t19-,21-,22+,23?/m1/s1. The first-order valence-corrected chi connectivity index (χ1v) is 11.3. The molecule has 0 aromatic rings. The van der Waals surface area contributed by atoms with E-state index in [2.05, 4.69) is 36.0 Å². The molecule has 0 aliphatic heterocycles. The number of hydrogen-bond donors (Lipinski definition) is 5. The summed E-state index contributed by atoms with van der Waals surface area (Å²) in [5, 5.41) is 46.5. The second-order valence-electron chi connectivity index (χ2n) is 7.59. The van der Waals surface area contributed by atoms with E-state index in [0.29, 0.717) is 6.42 Å². The lowest BCUT2D eigenvalue weighted by Gasteiger charge is -2.25. The lowest BCUT2D eigenvalue weighted by molar-refractivity contribution is -0.209. The molecular formula is C23H42O7. The fourth-order valence-electron chi connectivity index (χ4n) is 2.85. The third-order valence-corrected chi connectivity index (χ3v) is 4.81. The molecule has 0 aromatic carbocycles. The summed E-state index contributed by atoms with van der Waals surface area (Å²) in [6.07, 6.45) is 13.4. The normalized spacial score (nSPS) is 16.1. The summed E-state index contributed by atoms with van der Waals surface area (Å²) in [7, 11) is 0. The maximum absolute atomic E-state index is 11.7. The molecule has 1 unspecified atom stereocenters. The zero-order valence-electron chi connectivity index (χ0n) is 18.4. The Bertz CT molecular complexity index is 464. The molecule has 30 heavy (non-hydrogen) atoms. The Balaban J connectivity index is 3.63. The van der Waals surface area contributed by atoms with Crippen LogP contribution in [0, 0.1) is 0 Å². The molecule has 0 radical (unpaired) electrons. The van der Waals surface area contributed by atoms with Crippen LogP contribution in [0.2, 0.25) is 0 Å². The molecule has 0 rings (SSSR count). The highest BCUT2D eigenvalue weighted by Gasteiger charge is 2.32. The summed E-state index contributed by atoms with van der Waals surface area (Å²) in [4.78, 5) is 11.7. The van der Waals surface area contributed by atoms with Crippen molar-refractivity contribution in [2.75, 3.05) is 6.61 Å². The number of carbonyl (C=O) groups excluding carboxylic acids is 1. The lowest BCUT2D eigenvalue weighted by atomic mass is 10.1. The molecule has 0 saturated carbocycles. The summed E-state index contributed by atoms with van der Waals surface area (Å²) in [5.41, 5.74) is 0. The van der Waals surface area contributed by atoms with Crippen LogP contribution in [0.1, 0.15) is 84.0 Å². The van der Waals surface area contributed by atoms with Gasteiger partial charge >= 0.3 is 5.97 Å². The van der Waals surface area contributed by atoms with Crippen LogP contribution in [0.25, 0.3) is 0 Å². The number of unbranched alkanes of at least 4 members (excludes halogenated alkanes) is 8. The summed E-state index contributed by atoms with van der Waals surface area (Å²) < 4.78 is 4.65. The average molecular weight is 431 g/mol. The molecule has 0 spiro atoms. The van der Waals surface area contributed by atoms with Crippen LogP contribution < -0.4 is 0 Å². The highest BCUT2D eigenvalue weighted by atomic mass is 16.6. The van der Waals surface area contributed by atoms with Gasteiger partial charge in [0.15, 0.2) is 0 Å². The number of esters is 1. The number of aliphatic hydroxyl groups is 5. The largest absolute Gasteiger partial charge is 0.433 e. The fourth-order valence-corrected chi connectivity index (χ4v) is 2.85. The van der Waals surface area contributed by atoms with Crippen molar-refractivity contribution in [3.8, 4) is 0 Å². The Morgan fingerprint density at radius 2 is 1.37 bits per heavy atom. The van der Waals surface area contributed by atoms with Crippen LogP contribution in [-0.2, 0) is 9.53 Å². The number of hydrogen-bond acceptors (Lipinski definition) is 7. The van der Waals surface area contributed by atoms with E-state index in [1.54, 1.807) is 0 Å². The second-order valence-corrected chi connectivity index (χ2v) is 7.59. The van der Waals surface area contributed by atoms with Gasteiger partial charge in [0.05, 0.1) is 6.61 Å². The molecule has 0 aromatic heterocycles. The van der Waals surface area contributed by atoms with Crippen LogP contribution in [0.5, 0.6) is 0 Å². The van der Waals surface area contributed by atoms with E-state index < -0.39 is 37.2 Å². The second kappa shape index (κ2) is 19.7. The molecule has 176 valence electrons. The minimum Gasteiger partial charge on any atom is -0.433 e. The van der Waals surface area contributed by atoms with E-state index in [1.807, 2.05) is 0 Å². The SMILES string of the molecule is CCCCC/C=C\C/C=C\CCCCCCCC(=O)OC(O)[C@@H](O)[C@H](O)[C@H](O)CO. The molecule has 5 N–H and O–H groups in total. The fraction of sp³-hybridized carbons (Fsp3) is 0.783. The highest BCUT2D eigenvalue weighted by Crippen LogP contribution is 2.11. The van der Waals surface area contributed by atoms with Crippen LogP contribution in [-0.4, -0.2) is 62.7 Å². The molecule has 0 aliphatic carbocycles. The van der Waals surface area contributed by atoms with E-state index in [9.17, 15) is 25.2 Å². The molecule has 7 heteroatoms. The summed E-state index contributed by atoms with van der Waals surface area (Å²) >= 11 is 0. The third-order valence-electron chi connectivity index (χ3n) is 4.81. The number of carbonyl (C=O) groups is 1. The Hall–Kier alpha value is -1.25. The average Bonchev–Trinajstić information content (AvgIpc) is 2.74. The van der Waals surface area contributed by atoms with Gasteiger partial charge in [-0.15, -0.1) is 0 Å². The zero-order chi connectivity index (χ0) is 22.6. The summed E-state index contributed by atoms with van der Waals surface area (Å²) in [6, 6.07) is 0. The van der Waals surface area contributed by atoms with Gasteiger partial charge in [-0.3, -0.25) is 4.79 Å². The zero-order valence-corrected chi connectivity index (χ0v) is 18.4. The maximum atomic E-state index is 11.7. The Labute approximate surface area is 181 Å². The minimum atomic E-state index is -1.95. The first-order valence-electron chi connectivity index (χ1n) is 11.3. The monoisotopic (exact) mass is 430 g/mol. The van der Waals surface area contributed by atoms with Crippen molar-refractivity contribution in [3.05, 3.63) is 24.3 Å². The smallest absolute Gasteiger partial charge is 0.308 e. The van der Waals surface area contributed by atoms with Gasteiger partial charge in [-0.1, -0.05) is 63.3 Å². The Morgan fingerprint density at radius 1 is 0.800 bits per heavy atom. The van der Waals surface area contributed by atoms with Crippen molar-refractivity contribution in [2.24, 2.45) is 0 Å². The third kappa shape index (κ3) is 15.6. The van der Waals surface area contributed by atoms with Crippen LogP contribution >= 0.6 is 0 Å². The van der Waals surface area contributed by atoms with Gasteiger partial charge in [0.1, 0.15) is 18.3 Å². The molecule has 4 atom stereocenters. The predicted molar refractivity (Wildman–Crippen MR) is 117 cm³/mol. The van der Waals surface area contributed by atoms with Crippen LogP contribution in [0.4, 0.5) is 0 Å². The number of ether oxygens (including phenoxy) is 1. The van der Waals surface area contributed by atoms with Gasteiger partial charge in [-0.2, -0.15) is 0 Å². The summed E-state index contributed by atoms with van der Waals surface area (Å²) in [6.45, 7) is 1.42. The quantitative estimate of drug-likeness (QED) is 0.0922. The molecule has 0 fully saturated rings. The molecule has 0 bridgehead atoms. The van der Waals surface area contributed by atoms with E-state index in [0.717, 1.165) is 38.5 Å². The number of rotatable bonds is 19. The topological polar surface area (TPSA) is 127 Å². The van der Waals surface area contributed by atoms with Crippen molar-refractivity contribution in [1.29, 1.82) is 0 Å². The van der Waals surface area contributed by atoms with E-state index in [-0.39, 0.29) is 6.42 Å². The molecular weight excluding hydrogens is 388 g/mol. The lowest BCUT2D eigenvalue weighted by Crippen LogP contribution is -2.47. The molecule has 0 heterocycles. The van der Waals surface area contributed by atoms with Gasteiger partial charge in [-0.05, 0) is 38.5 Å². The van der Waals surface area contributed by atoms with Crippen LogP contribution in [0.15, 0.2) is 24.3 Å². The van der Waals surface area contributed by atoms with Crippen molar-refractivity contribution < 1.29 is 35.1 Å². The van der Waals surface area contributed by atoms with Crippen molar-refractivity contribution in [1.82, 2.24) is 0 Å². The predicted octanol–water partition coefficient (Wildman–Crippen LogP) is 2.74. The van der Waals surface area contributed by atoms with Crippen molar-refractivity contribution in [2.45, 2.75) is 109 Å². The maximum Gasteiger partial charge on any atom is 0.308 e. The number of aliphatic hydroxyl groups excluding tert-OH is 5. The van der Waals surface area contributed by atoms with Gasteiger partial charge in [-0.25, -0.2) is 0 Å². The molecule has 7 nitrogen and oxygen atoms in total. The van der Waals surface area contributed by atoms with Gasteiger partial charge in [0, 0.05) is 6.42 Å². The highest BCUT2D eigenvalue weighted by molar-refractivity contribution is 5.69. The first kappa shape index (κ1) is 28.8. The van der Waals surface area contributed by atoms with Gasteiger partial charge in [0.2, 0.25) is 6.29 Å². The minimum absolute atomic E-state index is 0.104. The van der Waals surface area contributed by atoms with E-state index in [1.165, 1.54) is 25.7 Å². The van der Waals surface area contributed by atoms with Crippen molar-refractivity contribution in [3.63, 3.8) is 0 Å². The molecule has 0 aliphatic rings. The van der Waals surface area contributed by atoms with E-state index >= 15 is 0 Å². The first-order chi connectivity index (χ1) is 14.4. The van der Waals surface area contributed by atoms with Gasteiger partial charge in [0.25, 0.3) is 0 Å². The molecule has 0 amide bonds. The van der Waals surface area contributed by atoms with Crippen LogP contribution in [0.3, 0.4) is 0 Å².